The molecule has 0 spiro atoms. The van der Waals surface area contributed by atoms with Gasteiger partial charge in [-0.25, -0.2) is 0 Å². The molecule has 0 bridgehead atoms. The van der Waals surface area contributed by atoms with Crippen molar-refractivity contribution in [3.63, 3.8) is 0 Å². The van der Waals surface area contributed by atoms with Gasteiger partial charge >= 0.3 is 0 Å². The Balaban J connectivity index is 1.73. The van der Waals surface area contributed by atoms with E-state index in [0.717, 1.165) is 12.0 Å². The van der Waals surface area contributed by atoms with Gasteiger partial charge in [0.05, 0.1) is 0 Å². The van der Waals surface area contributed by atoms with Gasteiger partial charge in [-0.2, -0.15) is 0 Å². The van der Waals surface area contributed by atoms with E-state index in [1.807, 2.05) is 0 Å². The summed E-state index contributed by atoms with van der Waals surface area (Å²) >= 11 is 0. The number of piperidine rings is 1. The van der Waals surface area contributed by atoms with Gasteiger partial charge in [0.2, 0.25) is 0 Å². The minimum atomic E-state index is 0.852. The number of nitrogens with one attached hydrogen (secondary N) is 1. The topological polar surface area (TPSA) is 18.5 Å². The zero-order chi connectivity index (χ0) is 10.7. The molecule has 1 N–H and O–H groups in total. The van der Waals surface area contributed by atoms with E-state index in [2.05, 4.69) is 29.2 Å². The van der Waals surface area contributed by atoms with Crippen molar-refractivity contribution in [2.24, 2.45) is 5.92 Å². The van der Waals surface area contributed by atoms with Crippen molar-refractivity contribution < 1.29 is 0 Å². The van der Waals surface area contributed by atoms with Crippen LogP contribution < -0.4 is 5.32 Å². The van der Waals surface area contributed by atoms with E-state index < -0.39 is 0 Å². The second-order valence-electron chi connectivity index (χ2n) is 5.24. The van der Waals surface area contributed by atoms with Crippen molar-refractivity contribution in [3.8, 4) is 0 Å². The normalized spacial score (nSPS) is 31.2. The Morgan fingerprint density at radius 2 is 1.87 bits per heavy atom. The third kappa shape index (κ3) is 2.92. The zero-order valence-corrected chi connectivity index (χ0v) is 10.2. The molecular weight excluding hydrogens is 186 g/mol. The van der Waals surface area contributed by atoms with Gasteiger partial charge in [0.15, 0.2) is 0 Å². The number of rotatable bonds is 3. The highest BCUT2D eigenvalue weighted by Gasteiger charge is 2.28. The van der Waals surface area contributed by atoms with Crippen molar-refractivity contribution in [3.05, 3.63) is 0 Å². The minimum absolute atomic E-state index is 0.852. The van der Waals surface area contributed by atoms with E-state index in [1.165, 1.54) is 52.0 Å². The quantitative estimate of drug-likeness (QED) is 0.738. The predicted molar refractivity (Wildman–Crippen MR) is 64.1 cm³/mol. The molecule has 88 valence electrons. The third-order valence-electron chi connectivity index (χ3n) is 4.02. The van der Waals surface area contributed by atoms with Crippen molar-refractivity contribution in [2.45, 2.75) is 25.3 Å². The van der Waals surface area contributed by atoms with Gasteiger partial charge in [0.25, 0.3) is 0 Å². The van der Waals surface area contributed by atoms with Crippen LogP contribution in [0.2, 0.25) is 0 Å². The first-order chi connectivity index (χ1) is 7.29. The average Bonchev–Trinajstić information content (AvgIpc) is 2.67. The molecule has 0 aromatic heterocycles. The molecule has 1 atom stereocenters. The van der Waals surface area contributed by atoms with Crippen LogP contribution in [0.15, 0.2) is 0 Å². The fourth-order valence-electron chi connectivity index (χ4n) is 3.02. The molecule has 0 amide bonds. The Morgan fingerprint density at radius 3 is 2.40 bits per heavy atom. The maximum Gasteiger partial charge on any atom is 0.0235 e. The lowest BCUT2D eigenvalue weighted by atomic mass is 9.95. The van der Waals surface area contributed by atoms with Crippen molar-refractivity contribution >= 4 is 0 Å². The van der Waals surface area contributed by atoms with Crippen molar-refractivity contribution in [1.82, 2.24) is 15.1 Å². The van der Waals surface area contributed by atoms with Gasteiger partial charge in [-0.1, -0.05) is 0 Å². The third-order valence-corrected chi connectivity index (χ3v) is 4.02. The maximum absolute atomic E-state index is 3.30. The summed E-state index contributed by atoms with van der Waals surface area (Å²) in [7, 11) is 4.31. The molecule has 0 aliphatic carbocycles. The molecule has 2 aliphatic rings. The molecular formula is C12H25N3. The van der Waals surface area contributed by atoms with E-state index in [-0.39, 0.29) is 0 Å². The molecule has 15 heavy (non-hydrogen) atoms. The number of likely N-dealkylation sites (tertiary alicyclic amines) is 2. The maximum atomic E-state index is 3.30. The van der Waals surface area contributed by atoms with E-state index in [1.54, 1.807) is 0 Å². The molecule has 0 saturated carbocycles. The molecule has 3 heteroatoms. The first kappa shape index (κ1) is 11.4. The van der Waals surface area contributed by atoms with Crippen LogP contribution in [0, 0.1) is 5.92 Å². The van der Waals surface area contributed by atoms with Crippen LogP contribution in [0.25, 0.3) is 0 Å². The molecule has 3 nitrogen and oxygen atoms in total. The van der Waals surface area contributed by atoms with Crippen LogP contribution >= 0.6 is 0 Å². The second-order valence-corrected chi connectivity index (χ2v) is 5.24. The lowest BCUT2D eigenvalue weighted by molar-refractivity contribution is 0.135. The molecule has 0 aromatic rings. The lowest BCUT2D eigenvalue weighted by Crippen LogP contribution is -2.43. The molecule has 2 saturated heterocycles. The Kier molecular flexibility index (Phi) is 4.00. The van der Waals surface area contributed by atoms with Crippen molar-refractivity contribution in [1.29, 1.82) is 0 Å². The van der Waals surface area contributed by atoms with Crippen LogP contribution in [-0.2, 0) is 0 Å². The van der Waals surface area contributed by atoms with Gasteiger partial charge in [0, 0.05) is 12.6 Å². The van der Waals surface area contributed by atoms with Gasteiger partial charge < -0.3 is 10.2 Å². The van der Waals surface area contributed by atoms with E-state index in [0.29, 0.717) is 0 Å². The second kappa shape index (κ2) is 5.28. The summed E-state index contributed by atoms with van der Waals surface area (Å²) in [6.07, 6.45) is 4.16. The first-order valence-corrected chi connectivity index (χ1v) is 6.37. The number of hydrogen-bond donors (Lipinski definition) is 1. The highest BCUT2D eigenvalue weighted by molar-refractivity contribution is 4.85. The number of likely N-dealkylation sites (N-methyl/N-ethyl adjacent to an activating group) is 1. The average molecular weight is 211 g/mol. The smallest absolute Gasteiger partial charge is 0.0235 e. The fourth-order valence-corrected chi connectivity index (χ4v) is 3.02. The van der Waals surface area contributed by atoms with Gasteiger partial charge in [-0.05, 0) is 65.5 Å². The summed E-state index contributed by atoms with van der Waals surface area (Å²) in [5, 5.41) is 3.30. The SMILES string of the molecule is CNCC1CCN(C2CCN(C)C2)CC1. The Bertz CT molecular complexity index is 187. The van der Waals surface area contributed by atoms with E-state index in [4.69, 9.17) is 0 Å². The summed E-state index contributed by atoms with van der Waals surface area (Å²) in [5.41, 5.74) is 0. The first-order valence-electron chi connectivity index (χ1n) is 6.37. The molecule has 2 heterocycles. The summed E-state index contributed by atoms with van der Waals surface area (Å²) < 4.78 is 0. The highest BCUT2D eigenvalue weighted by atomic mass is 15.2. The predicted octanol–water partition coefficient (Wildman–Crippen LogP) is 0.622. The summed E-state index contributed by atoms with van der Waals surface area (Å²) in [6.45, 7) is 6.44. The van der Waals surface area contributed by atoms with Crippen LogP contribution in [0.5, 0.6) is 0 Å². The zero-order valence-electron chi connectivity index (χ0n) is 10.2. The van der Waals surface area contributed by atoms with Gasteiger partial charge in [-0.15, -0.1) is 0 Å². The summed E-state index contributed by atoms with van der Waals surface area (Å²) in [5.74, 6) is 0.922. The molecule has 2 aliphatic heterocycles. The monoisotopic (exact) mass is 211 g/mol. The lowest BCUT2D eigenvalue weighted by Gasteiger charge is -2.35. The standard InChI is InChI=1S/C12H25N3/c1-13-9-11-3-7-15(8-4-11)12-5-6-14(2)10-12/h11-13H,3-10H2,1-2H3. The summed E-state index contributed by atoms with van der Waals surface area (Å²) in [6, 6.07) is 0.852. The largest absolute Gasteiger partial charge is 0.319 e. The van der Waals surface area contributed by atoms with Crippen LogP contribution in [0.4, 0.5) is 0 Å². The van der Waals surface area contributed by atoms with Gasteiger partial charge in [-0.3, -0.25) is 4.90 Å². The molecule has 0 aromatic carbocycles. The Hall–Kier alpha value is -0.120. The Morgan fingerprint density at radius 1 is 1.13 bits per heavy atom. The van der Waals surface area contributed by atoms with E-state index in [9.17, 15) is 0 Å². The number of nitrogens with zero attached hydrogens (tertiary/aromatic N) is 2. The minimum Gasteiger partial charge on any atom is -0.319 e. The van der Waals surface area contributed by atoms with Crippen LogP contribution in [0.3, 0.4) is 0 Å². The number of hydrogen-bond acceptors (Lipinski definition) is 3. The molecule has 2 rings (SSSR count). The Labute approximate surface area is 93.8 Å². The fraction of sp³-hybridized carbons (Fsp3) is 1.00. The van der Waals surface area contributed by atoms with Gasteiger partial charge in [0.1, 0.15) is 0 Å². The van der Waals surface area contributed by atoms with Crippen LogP contribution in [-0.4, -0.2) is 62.7 Å². The molecule has 2 fully saturated rings. The molecule has 1 unspecified atom stereocenters. The van der Waals surface area contributed by atoms with Crippen LogP contribution in [0.1, 0.15) is 19.3 Å². The summed E-state index contributed by atoms with van der Waals surface area (Å²) in [4.78, 5) is 5.18. The molecule has 0 radical (unpaired) electrons. The highest BCUT2D eigenvalue weighted by Crippen LogP contribution is 2.22. The van der Waals surface area contributed by atoms with E-state index >= 15 is 0 Å². The van der Waals surface area contributed by atoms with Crippen molar-refractivity contribution in [2.75, 3.05) is 46.8 Å².